The third-order valence-corrected chi connectivity index (χ3v) is 5.57. The molecule has 0 bridgehead atoms. The van der Waals surface area contributed by atoms with Gasteiger partial charge in [-0.15, -0.1) is 11.3 Å². The summed E-state index contributed by atoms with van der Waals surface area (Å²) in [6.45, 7) is 1.71. The molecule has 2 aromatic rings. The van der Waals surface area contributed by atoms with Crippen molar-refractivity contribution in [1.82, 2.24) is 14.7 Å². The molecular weight excluding hydrogens is 304 g/mol. The van der Waals surface area contributed by atoms with E-state index in [1.54, 1.807) is 6.20 Å². The standard InChI is InChI=1S/C15H21ClN4S/c1-19(2)6-7-20-15(11(16)9-18-20)14(17)13-8-10-4-3-5-12(10)21-13/h8-9,14H,3-7,17H2,1-2H3. The van der Waals surface area contributed by atoms with Crippen LogP contribution < -0.4 is 5.73 Å². The summed E-state index contributed by atoms with van der Waals surface area (Å²) in [5.74, 6) is 0. The second-order valence-corrected chi connectivity index (χ2v) is 7.41. The van der Waals surface area contributed by atoms with Crippen LogP contribution in [0.2, 0.25) is 5.02 Å². The van der Waals surface area contributed by atoms with Gasteiger partial charge in [0.1, 0.15) is 0 Å². The molecule has 2 N–H and O–H groups in total. The largest absolute Gasteiger partial charge is 0.318 e. The highest BCUT2D eigenvalue weighted by molar-refractivity contribution is 7.12. The van der Waals surface area contributed by atoms with Crippen LogP contribution in [-0.2, 0) is 19.4 Å². The first-order valence-electron chi connectivity index (χ1n) is 7.29. The van der Waals surface area contributed by atoms with Crippen molar-refractivity contribution in [3.63, 3.8) is 0 Å². The molecule has 6 heteroatoms. The molecule has 3 rings (SSSR count). The van der Waals surface area contributed by atoms with E-state index >= 15 is 0 Å². The number of hydrogen-bond donors (Lipinski definition) is 1. The molecule has 114 valence electrons. The third-order valence-electron chi connectivity index (χ3n) is 3.96. The van der Waals surface area contributed by atoms with Gasteiger partial charge < -0.3 is 10.6 Å². The second kappa shape index (κ2) is 6.08. The molecule has 1 aliphatic rings. The molecule has 21 heavy (non-hydrogen) atoms. The number of aryl methyl sites for hydroxylation is 2. The number of thiophene rings is 1. The van der Waals surface area contributed by atoms with Crippen molar-refractivity contribution in [2.45, 2.75) is 31.8 Å². The van der Waals surface area contributed by atoms with Crippen molar-refractivity contribution in [3.05, 3.63) is 38.3 Å². The lowest BCUT2D eigenvalue weighted by Crippen LogP contribution is -2.23. The summed E-state index contributed by atoms with van der Waals surface area (Å²) in [6, 6.07) is 2.08. The number of nitrogens with two attached hydrogens (primary N) is 1. The molecule has 0 fully saturated rings. The molecule has 0 amide bonds. The van der Waals surface area contributed by atoms with E-state index in [1.807, 2.05) is 16.0 Å². The van der Waals surface area contributed by atoms with Gasteiger partial charge in [-0.05, 0) is 45.0 Å². The lowest BCUT2D eigenvalue weighted by molar-refractivity contribution is 0.368. The van der Waals surface area contributed by atoms with E-state index in [9.17, 15) is 0 Å². The maximum atomic E-state index is 6.48. The minimum Gasteiger partial charge on any atom is -0.318 e. The van der Waals surface area contributed by atoms with Gasteiger partial charge in [-0.1, -0.05) is 11.6 Å². The zero-order chi connectivity index (χ0) is 15.0. The number of nitrogens with zero attached hydrogens (tertiary/aromatic N) is 3. The molecular formula is C15H21ClN4S. The average molecular weight is 325 g/mol. The van der Waals surface area contributed by atoms with Gasteiger partial charge >= 0.3 is 0 Å². The summed E-state index contributed by atoms with van der Waals surface area (Å²) >= 11 is 8.16. The van der Waals surface area contributed by atoms with Crippen LogP contribution in [0, 0.1) is 0 Å². The highest BCUT2D eigenvalue weighted by atomic mass is 35.5. The number of fused-ring (bicyclic) bond motifs is 1. The maximum absolute atomic E-state index is 6.48. The fraction of sp³-hybridized carbons (Fsp3) is 0.533. The maximum Gasteiger partial charge on any atom is 0.0838 e. The Morgan fingerprint density at radius 2 is 2.29 bits per heavy atom. The second-order valence-electron chi connectivity index (χ2n) is 5.83. The van der Waals surface area contributed by atoms with Gasteiger partial charge in [0.15, 0.2) is 0 Å². The van der Waals surface area contributed by atoms with E-state index in [0.717, 1.165) is 18.8 Å². The van der Waals surface area contributed by atoms with Crippen molar-refractivity contribution >= 4 is 22.9 Å². The Morgan fingerprint density at radius 3 is 3.00 bits per heavy atom. The highest BCUT2D eigenvalue weighted by Gasteiger charge is 2.23. The lowest BCUT2D eigenvalue weighted by Gasteiger charge is -2.16. The van der Waals surface area contributed by atoms with Gasteiger partial charge in [0, 0.05) is 16.3 Å². The van der Waals surface area contributed by atoms with Crippen LogP contribution in [-0.4, -0.2) is 35.3 Å². The molecule has 0 aromatic carbocycles. The first kappa shape index (κ1) is 15.0. The van der Waals surface area contributed by atoms with Crippen LogP contribution in [0.4, 0.5) is 0 Å². The Kier molecular flexibility index (Phi) is 4.36. The molecule has 4 nitrogen and oxygen atoms in total. The van der Waals surface area contributed by atoms with E-state index in [4.69, 9.17) is 17.3 Å². The highest BCUT2D eigenvalue weighted by Crippen LogP contribution is 2.36. The van der Waals surface area contributed by atoms with Crippen LogP contribution >= 0.6 is 22.9 Å². The Hall–Kier alpha value is -0.880. The predicted octanol–water partition coefficient (Wildman–Crippen LogP) is 2.70. The zero-order valence-electron chi connectivity index (χ0n) is 12.5. The minimum atomic E-state index is -0.183. The van der Waals surface area contributed by atoms with Gasteiger partial charge in [0.2, 0.25) is 0 Å². The Labute approximate surface area is 134 Å². The molecule has 2 aromatic heterocycles. The van der Waals surface area contributed by atoms with E-state index in [0.29, 0.717) is 5.02 Å². The van der Waals surface area contributed by atoms with Crippen LogP contribution in [0.25, 0.3) is 0 Å². The third kappa shape index (κ3) is 3.01. The minimum absolute atomic E-state index is 0.183. The lowest BCUT2D eigenvalue weighted by atomic mass is 10.1. The van der Waals surface area contributed by atoms with Gasteiger partial charge in [0.25, 0.3) is 0 Å². The Bertz CT molecular complexity index is 610. The van der Waals surface area contributed by atoms with Crippen LogP contribution in [0.5, 0.6) is 0 Å². The Balaban J connectivity index is 1.86. The number of aromatic nitrogens is 2. The van der Waals surface area contributed by atoms with E-state index < -0.39 is 0 Å². The van der Waals surface area contributed by atoms with Crippen molar-refractivity contribution in [2.75, 3.05) is 20.6 Å². The quantitative estimate of drug-likeness (QED) is 0.920. The van der Waals surface area contributed by atoms with Gasteiger partial charge in [-0.2, -0.15) is 5.10 Å². The van der Waals surface area contributed by atoms with Crippen molar-refractivity contribution in [2.24, 2.45) is 5.73 Å². The molecule has 0 aliphatic heterocycles. The molecule has 1 unspecified atom stereocenters. The van der Waals surface area contributed by atoms with Crippen LogP contribution in [0.3, 0.4) is 0 Å². The average Bonchev–Trinajstić information content (AvgIpc) is 3.09. The van der Waals surface area contributed by atoms with Crippen molar-refractivity contribution in [1.29, 1.82) is 0 Å². The summed E-state index contributed by atoms with van der Waals surface area (Å²) < 4.78 is 1.94. The summed E-state index contributed by atoms with van der Waals surface area (Å²) in [5.41, 5.74) is 8.88. The molecule has 0 saturated carbocycles. The zero-order valence-corrected chi connectivity index (χ0v) is 14.0. The Morgan fingerprint density at radius 1 is 1.48 bits per heavy atom. The summed E-state index contributed by atoms with van der Waals surface area (Å²) in [7, 11) is 4.10. The van der Waals surface area contributed by atoms with Crippen molar-refractivity contribution < 1.29 is 0 Å². The van der Waals surface area contributed by atoms with Crippen LogP contribution in [0.1, 0.15) is 33.5 Å². The van der Waals surface area contributed by atoms with E-state index in [-0.39, 0.29) is 6.04 Å². The SMILES string of the molecule is CN(C)CCn1ncc(Cl)c1C(N)c1cc2c(s1)CCC2. The summed E-state index contributed by atoms with van der Waals surface area (Å²) in [6.07, 6.45) is 5.36. The van der Waals surface area contributed by atoms with Gasteiger partial charge in [-0.25, -0.2) is 0 Å². The molecule has 0 saturated heterocycles. The number of halogens is 1. The first-order chi connectivity index (χ1) is 10.1. The van der Waals surface area contributed by atoms with E-state index in [1.165, 1.54) is 34.6 Å². The van der Waals surface area contributed by atoms with Gasteiger partial charge in [0.05, 0.1) is 29.5 Å². The molecule has 0 radical (unpaired) electrons. The van der Waals surface area contributed by atoms with Gasteiger partial charge in [-0.3, -0.25) is 4.68 Å². The molecule has 1 aliphatic carbocycles. The molecule has 1 atom stereocenters. The fourth-order valence-corrected chi connectivity index (χ4v) is 4.32. The first-order valence-corrected chi connectivity index (χ1v) is 8.48. The van der Waals surface area contributed by atoms with Crippen molar-refractivity contribution in [3.8, 4) is 0 Å². The number of rotatable bonds is 5. The fourth-order valence-electron chi connectivity index (χ4n) is 2.79. The summed E-state index contributed by atoms with van der Waals surface area (Å²) in [4.78, 5) is 4.83. The topological polar surface area (TPSA) is 47.1 Å². The number of hydrogen-bond acceptors (Lipinski definition) is 4. The normalized spacial score (nSPS) is 15.7. The smallest absolute Gasteiger partial charge is 0.0838 e. The van der Waals surface area contributed by atoms with E-state index in [2.05, 4.69) is 30.2 Å². The molecule has 2 heterocycles. The molecule has 0 spiro atoms. The predicted molar refractivity (Wildman–Crippen MR) is 88.2 cm³/mol. The number of likely N-dealkylation sites (N-methyl/N-ethyl adjacent to an activating group) is 1. The van der Waals surface area contributed by atoms with Crippen LogP contribution in [0.15, 0.2) is 12.3 Å². The monoisotopic (exact) mass is 324 g/mol. The summed E-state index contributed by atoms with van der Waals surface area (Å²) in [5, 5.41) is 5.04.